The lowest BCUT2D eigenvalue weighted by Crippen LogP contribution is -2.47. The molecule has 0 bridgehead atoms. The molecule has 1 saturated heterocycles. The number of nitrogens with zero attached hydrogens (tertiary/aromatic N) is 2. The molecule has 2 rings (SSSR count). The molecule has 19 heavy (non-hydrogen) atoms. The standard InChI is InChI=1S/C15H29N3O/c1-4-18(10-6-9-17(2)3)15(19)14-13-8-5-7-12(13)11-16-14/h12-14,16H,4-11H2,1-3H3. The van der Waals surface area contributed by atoms with Crippen LogP contribution >= 0.6 is 0 Å². The van der Waals surface area contributed by atoms with E-state index in [0.29, 0.717) is 11.8 Å². The number of hydrogen-bond acceptors (Lipinski definition) is 3. The molecule has 3 unspecified atom stereocenters. The molecule has 2 aliphatic rings. The second kappa shape index (κ2) is 6.71. The SMILES string of the molecule is CCN(CCCN(C)C)C(=O)C1NCC2CCCC21. The van der Waals surface area contributed by atoms with Gasteiger partial charge in [-0.3, -0.25) is 4.79 Å². The first kappa shape index (κ1) is 14.8. The van der Waals surface area contributed by atoms with Crippen LogP contribution in [0.1, 0.15) is 32.6 Å². The summed E-state index contributed by atoms with van der Waals surface area (Å²) in [5, 5.41) is 3.47. The quantitative estimate of drug-likeness (QED) is 0.785. The predicted molar refractivity (Wildman–Crippen MR) is 78.0 cm³/mol. The Labute approximate surface area is 117 Å². The maximum absolute atomic E-state index is 12.6. The molecular weight excluding hydrogens is 238 g/mol. The van der Waals surface area contributed by atoms with E-state index in [1.54, 1.807) is 0 Å². The lowest BCUT2D eigenvalue weighted by atomic mass is 9.93. The van der Waals surface area contributed by atoms with Crippen LogP contribution in [-0.2, 0) is 4.79 Å². The highest BCUT2D eigenvalue weighted by Gasteiger charge is 2.43. The van der Waals surface area contributed by atoms with Gasteiger partial charge in [-0.25, -0.2) is 0 Å². The lowest BCUT2D eigenvalue weighted by Gasteiger charge is -2.27. The van der Waals surface area contributed by atoms with Gasteiger partial charge in [-0.15, -0.1) is 0 Å². The molecule has 0 aromatic rings. The van der Waals surface area contributed by atoms with Crippen molar-refractivity contribution >= 4 is 5.91 Å². The van der Waals surface area contributed by atoms with Crippen molar-refractivity contribution in [2.75, 3.05) is 40.3 Å². The van der Waals surface area contributed by atoms with E-state index in [1.165, 1.54) is 19.3 Å². The fourth-order valence-electron chi connectivity index (χ4n) is 3.66. The zero-order valence-electron chi connectivity index (χ0n) is 12.7. The summed E-state index contributed by atoms with van der Waals surface area (Å²) in [7, 11) is 4.17. The van der Waals surface area contributed by atoms with E-state index in [1.807, 2.05) is 4.90 Å². The van der Waals surface area contributed by atoms with Crippen LogP contribution in [0.15, 0.2) is 0 Å². The Balaban J connectivity index is 1.85. The molecule has 4 heteroatoms. The summed E-state index contributed by atoms with van der Waals surface area (Å²) in [6.45, 7) is 5.92. The number of carbonyl (C=O) groups is 1. The number of fused-ring (bicyclic) bond motifs is 1. The van der Waals surface area contributed by atoms with Gasteiger partial charge in [-0.2, -0.15) is 0 Å². The van der Waals surface area contributed by atoms with E-state index in [9.17, 15) is 4.79 Å². The second-order valence-electron chi connectivity index (χ2n) is 6.32. The Bertz CT molecular complexity index is 306. The van der Waals surface area contributed by atoms with Gasteiger partial charge in [0.05, 0.1) is 6.04 Å². The van der Waals surface area contributed by atoms with Crippen LogP contribution in [0.2, 0.25) is 0 Å². The molecular formula is C15H29N3O. The van der Waals surface area contributed by atoms with Crippen molar-refractivity contribution in [3.63, 3.8) is 0 Å². The van der Waals surface area contributed by atoms with Crippen LogP contribution < -0.4 is 5.32 Å². The summed E-state index contributed by atoms with van der Waals surface area (Å²) in [5.74, 6) is 1.71. The molecule has 0 radical (unpaired) electrons. The molecule has 4 nitrogen and oxygen atoms in total. The minimum absolute atomic E-state index is 0.104. The van der Waals surface area contributed by atoms with Gasteiger partial charge in [0.1, 0.15) is 0 Å². The van der Waals surface area contributed by atoms with Gasteiger partial charge in [-0.1, -0.05) is 6.42 Å². The molecule has 0 aromatic heterocycles. The summed E-state index contributed by atoms with van der Waals surface area (Å²) in [6.07, 6.45) is 4.93. The summed E-state index contributed by atoms with van der Waals surface area (Å²) in [4.78, 5) is 16.9. The average Bonchev–Trinajstić information content (AvgIpc) is 2.95. The number of amides is 1. The van der Waals surface area contributed by atoms with Gasteiger partial charge < -0.3 is 15.1 Å². The molecule has 1 saturated carbocycles. The first-order valence-corrected chi connectivity index (χ1v) is 7.80. The van der Waals surface area contributed by atoms with Gasteiger partial charge in [0.2, 0.25) is 5.91 Å². The van der Waals surface area contributed by atoms with E-state index >= 15 is 0 Å². The molecule has 1 amide bonds. The Morgan fingerprint density at radius 1 is 1.26 bits per heavy atom. The van der Waals surface area contributed by atoms with Crippen molar-refractivity contribution in [2.45, 2.75) is 38.6 Å². The molecule has 1 heterocycles. The Kier molecular flexibility index (Phi) is 5.22. The first-order chi connectivity index (χ1) is 9.13. The third kappa shape index (κ3) is 3.48. The fraction of sp³-hybridized carbons (Fsp3) is 0.933. The van der Waals surface area contributed by atoms with Crippen LogP contribution in [0.4, 0.5) is 0 Å². The van der Waals surface area contributed by atoms with Crippen LogP contribution in [0.25, 0.3) is 0 Å². The summed E-state index contributed by atoms with van der Waals surface area (Å²) in [5.41, 5.74) is 0. The second-order valence-corrected chi connectivity index (χ2v) is 6.32. The fourth-order valence-corrected chi connectivity index (χ4v) is 3.66. The van der Waals surface area contributed by atoms with Crippen LogP contribution in [0.3, 0.4) is 0 Å². The van der Waals surface area contributed by atoms with Gasteiger partial charge in [0.15, 0.2) is 0 Å². The van der Waals surface area contributed by atoms with Gasteiger partial charge in [0.25, 0.3) is 0 Å². The summed E-state index contributed by atoms with van der Waals surface area (Å²) >= 11 is 0. The predicted octanol–water partition coefficient (Wildman–Crippen LogP) is 1.17. The van der Waals surface area contributed by atoms with Crippen molar-refractivity contribution in [1.82, 2.24) is 15.1 Å². The highest BCUT2D eigenvalue weighted by Crippen LogP contribution is 2.38. The summed E-state index contributed by atoms with van der Waals surface area (Å²) in [6, 6.07) is 0.104. The largest absolute Gasteiger partial charge is 0.342 e. The number of likely N-dealkylation sites (N-methyl/N-ethyl adjacent to an activating group) is 1. The van der Waals surface area contributed by atoms with Crippen molar-refractivity contribution in [3.8, 4) is 0 Å². The molecule has 2 fully saturated rings. The zero-order chi connectivity index (χ0) is 13.8. The van der Waals surface area contributed by atoms with Crippen molar-refractivity contribution < 1.29 is 4.79 Å². The Morgan fingerprint density at radius 2 is 2.05 bits per heavy atom. The highest BCUT2D eigenvalue weighted by atomic mass is 16.2. The molecule has 0 spiro atoms. The smallest absolute Gasteiger partial charge is 0.239 e. The van der Waals surface area contributed by atoms with E-state index in [-0.39, 0.29) is 6.04 Å². The van der Waals surface area contributed by atoms with E-state index in [2.05, 4.69) is 31.2 Å². The first-order valence-electron chi connectivity index (χ1n) is 7.80. The van der Waals surface area contributed by atoms with E-state index in [0.717, 1.165) is 38.5 Å². The van der Waals surface area contributed by atoms with Crippen molar-refractivity contribution in [3.05, 3.63) is 0 Å². The zero-order valence-corrected chi connectivity index (χ0v) is 12.7. The molecule has 3 atom stereocenters. The Morgan fingerprint density at radius 3 is 2.74 bits per heavy atom. The summed E-state index contributed by atoms with van der Waals surface area (Å²) < 4.78 is 0. The third-order valence-electron chi connectivity index (χ3n) is 4.74. The molecule has 1 aliphatic carbocycles. The normalized spacial score (nSPS) is 29.8. The minimum Gasteiger partial charge on any atom is -0.342 e. The maximum Gasteiger partial charge on any atom is 0.239 e. The van der Waals surface area contributed by atoms with Gasteiger partial charge in [-0.05, 0) is 65.2 Å². The molecule has 1 N–H and O–H groups in total. The molecule has 0 aromatic carbocycles. The minimum atomic E-state index is 0.104. The average molecular weight is 267 g/mol. The van der Waals surface area contributed by atoms with Crippen LogP contribution in [0, 0.1) is 11.8 Å². The van der Waals surface area contributed by atoms with Crippen LogP contribution in [0.5, 0.6) is 0 Å². The number of nitrogens with one attached hydrogen (secondary N) is 1. The monoisotopic (exact) mass is 267 g/mol. The molecule has 110 valence electrons. The van der Waals surface area contributed by atoms with Crippen molar-refractivity contribution in [2.24, 2.45) is 11.8 Å². The van der Waals surface area contributed by atoms with Crippen LogP contribution in [-0.4, -0.2) is 62.0 Å². The van der Waals surface area contributed by atoms with Gasteiger partial charge in [0, 0.05) is 13.1 Å². The van der Waals surface area contributed by atoms with E-state index in [4.69, 9.17) is 0 Å². The van der Waals surface area contributed by atoms with Gasteiger partial charge >= 0.3 is 0 Å². The van der Waals surface area contributed by atoms with E-state index < -0.39 is 0 Å². The number of hydrogen-bond donors (Lipinski definition) is 1. The number of carbonyl (C=O) groups excluding carboxylic acids is 1. The Hall–Kier alpha value is -0.610. The topological polar surface area (TPSA) is 35.6 Å². The lowest BCUT2D eigenvalue weighted by molar-refractivity contribution is -0.134. The van der Waals surface area contributed by atoms with Crippen molar-refractivity contribution in [1.29, 1.82) is 0 Å². The third-order valence-corrected chi connectivity index (χ3v) is 4.74. The number of rotatable bonds is 6. The molecule has 1 aliphatic heterocycles. The maximum atomic E-state index is 12.6. The highest BCUT2D eigenvalue weighted by molar-refractivity contribution is 5.82.